The number of nitrogens with one attached hydrogen (secondary N) is 1. The number of aromatic nitrogens is 2. The number of nitro benzene ring substituents is 1. The summed E-state index contributed by atoms with van der Waals surface area (Å²) in [6.45, 7) is 5.31. The number of nitro groups is 1. The Morgan fingerprint density at radius 2 is 2.24 bits per heavy atom. The SMILES string of the molecule is CCCn1cncc1CNc1cc([N+](=O)[O-])c(C)cc1Br. The fraction of sp³-hybridized carbons (Fsp3) is 0.357. The van der Waals surface area contributed by atoms with Crippen LogP contribution in [0.3, 0.4) is 0 Å². The van der Waals surface area contributed by atoms with Crippen molar-refractivity contribution >= 4 is 27.3 Å². The van der Waals surface area contributed by atoms with E-state index in [2.05, 4.69) is 37.7 Å². The summed E-state index contributed by atoms with van der Waals surface area (Å²) < 4.78 is 2.89. The van der Waals surface area contributed by atoms with Crippen molar-refractivity contribution in [3.8, 4) is 0 Å². The lowest BCUT2D eigenvalue weighted by molar-refractivity contribution is -0.385. The second-order valence-corrected chi connectivity index (χ2v) is 5.66. The average Bonchev–Trinajstić information content (AvgIpc) is 2.85. The van der Waals surface area contributed by atoms with Crippen molar-refractivity contribution in [1.82, 2.24) is 9.55 Å². The second-order valence-electron chi connectivity index (χ2n) is 4.81. The average molecular weight is 353 g/mol. The van der Waals surface area contributed by atoms with Crippen LogP contribution in [0.1, 0.15) is 24.6 Å². The molecule has 0 spiro atoms. The Balaban J connectivity index is 2.18. The van der Waals surface area contributed by atoms with Crippen LogP contribution in [0, 0.1) is 17.0 Å². The highest BCUT2D eigenvalue weighted by Crippen LogP contribution is 2.30. The first kappa shape index (κ1) is 15.5. The third kappa shape index (κ3) is 3.60. The number of halogens is 1. The van der Waals surface area contributed by atoms with Crippen molar-refractivity contribution in [1.29, 1.82) is 0 Å². The molecule has 2 aromatic rings. The van der Waals surface area contributed by atoms with Gasteiger partial charge in [0.2, 0.25) is 0 Å². The summed E-state index contributed by atoms with van der Waals surface area (Å²) in [7, 11) is 0. The molecule has 0 aliphatic rings. The second kappa shape index (κ2) is 6.71. The van der Waals surface area contributed by atoms with Crippen LogP contribution in [-0.4, -0.2) is 14.5 Å². The van der Waals surface area contributed by atoms with Crippen molar-refractivity contribution in [3.63, 3.8) is 0 Å². The Kier molecular flexibility index (Phi) is 4.95. The van der Waals surface area contributed by atoms with Gasteiger partial charge in [0.1, 0.15) is 0 Å². The number of hydrogen-bond donors (Lipinski definition) is 1. The Morgan fingerprint density at radius 3 is 2.90 bits per heavy atom. The standard InChI is InChI=1S/C14H17BrN4O2/c1-3-4-18-9-16-7-11(18)8-17-13-6-14(19(20)21)10(2)5-12(13)15/h5-7,9,17H,3-4,8H2,1-2H3. The topological polar surface area (TPSA) is 73.0 Å². The number of benzene rings is 1. The van der Waals surface area contributed by atoms with Gasteiger partial charge in [0.25, 0.3) is 5.69 Å². The maximum absolute atomic E-state index is 11.0. The molecule has 1 heterocycles. The molecule has 0 fully saturated rings. The Labute approximate surface area is 131 Å². The van der Waals surface area contributed by atoms with Crippen LogP contribution in [0.5, 0.6) is 0 Å². The zero-order valence-corrected chi connectivity index (χ0v) is 13.6. The number of hydrogen-bond acceptors (Lipinski definition) is 4. The molecule has 6 nitrogen and oxygen atoms in total. The molecule has 1 N–H and O–H groups in total. The third-order valence-electron chi connectivity index (χ3n) is 3.21. The van der Waals surface area contributed by atoms with Crippen molar-refractivity contribution < 1.29 is 4.92 Å². The van der Waals surface area contributed by atoms with E-state index in [4.69, 9.17) is 0 Å². The monoisotopic (exact) mass is 352 g/mol. The van der Waals surface area contributed by atoms with Gasteiger partial charge in [0, 0.05) is 28.8 Å². The lowest BCUT2D eigenvalue weighted by Crippen LogP contribution is -2.07. The first-order valence-electron chi connectivity index (χ1n) is 6.70. The van der Waals surface area contributed by atoms with Gasteiger partial charge in [-0.15, -0.1) is 0 Å². The number of nitrogens with zero attached hydrogens (tertiary/aromatic N) is 3. The van der Waals surface area contributed by atoms with Crippen LogP contribution in [0.2, 0.25) is 0 Å². The van der Waals surface area contributed by atoms with Gasteiger partial charge in [-0.2, -0.15) is 0 Å². The Bertz CT molecular complexity index is 654. The smallest absolute Gasteiger partial charge is 0.274 e. The van der Waals surface area contributed by atoms with Crippen LogP contribution in [0.4, 0.5) is 11.4 Å². The minimum Gasteiger partial charge on any atom is -0.378 e. The van der Waals surface area contributed by atoms with E-state index in [-0.39, 0.29) is 10.6 Å². The van der Waals surface area contributed by atoms with Crippen molar-refractivity contribution in [3.05, 3.63) is 50.5 Å². The van der Waals surface area contributed by atoms with E-state index in [9.17, 15) is 10.1 Å². The van der Waals surface area contributed by atoms with Gasteiger partial charge < -0.3 is 9.88 Å². The molecule has 0 aliphatic carbocycles. The van der Waals surface area contributed by atoms with Crippen molar-refractivity contribution in [2.24, 2.45) is 0 Å². The van der Waals surface area contributed by atoms with Crippen molar-refractivity contribution in [2.75, 3.05) is 5.32 Å². The van der Waals surface area contributed by atoms with Gasteiger partial charge in [0.05, 0.1) is 29.2 Å². The Morgan fingerprint density at radius 1 is 1.48 bits per heavy atom. The molecule has 0 amide bonds. The molecule has 0 saturated heterocycles. The number of anilines is 1. The lowest BCUT2D eigenvalue weighted by atomic mass is 10.2. The molecule has 112 valence electrons. The van der Waals surface area contributed by atoms with Gasteiger partial charge in [-0.25, -0.2) is 4.98 Å². The number of aryl methyl sites for hydroxylation is 2. The van der Waals surface area contributed by atoms with E-state index >= 15 is 0 Å². The predicted octanol–water partition coefficient (Wildman–Crippen LogP) is 3.88. The minimum absolute atomic E-state index is 0.114. The van der Waals surface area contributed by atoms with Crippen LogP contribution < -0.4 is 5.32 Å². The van der Waals surface area contributed by atoms with Gasteiger partial charge in [-0.1, -0.05) is 6.92 Å². The molecule has 0 atom stereocenters. The summed E-state index contributed by atoms with van der Waals surface area (Å²) in [6.07, 6.45) is 4.63. The molecule has 1 aromatic carbocycles. The van der Waals surface area contributed by atoms with Crippen LogP contribution in [-0.2, 0) is 13.1 Å². The summed E-state index contributed by atoms with van der Waals surface area (Å²) in [5.74, 6) is 0. The molecule has 0 unspecified atom stereocenters. The molecular formula is C14H17BrN4O2. The fourth-order valence-corrected chi connectivity index (χ4v) is 2.71. The highest BCUT2D eigenvalue weighted by Gasteiger charge is 2.14. The summed E-state index contributed by atoms with van der Waals surface area (Å²) in [5, 5.41) is 14.2. The van der Waals surface area contributed by atoms with E-state index < -0.39 is 0 Å². The first-order valence-corrected chi connectivity index (χ1v) is 7.49. The van der Waals surface area contributed by atoms with E-state index in [1.54, 1.807) is 31.6 Å². The largest absolute Gasteiger partial charge is 0.378 e. The van der Waals surface area contributed by atoms with Crippen LogP contribution in [0.15, 0.2) is 29.1 Å². The van der Waals surface area contributed by atoms with Crippen LogP contribution in [0.25, 0.3) is 0 Å². The molecule has 21 heavy (non-hydrogen) atoms. The van der Waals surface area contributed by atoms with Gasteiger partial charge >= 0.3 is 0 Å². The minimum atomic E-state index is -0.367. The zero-order chi connectivity index (χ0) is 15.4. The van der Waals surface area contributed by atoms with Crippen molar-refractivity contribution in [2.45, 2.75) is 33.4 Å². The molecule has 2 rings (SSSR count). The van der Waals surface area contributed by atoms with Gasteiger partial charge in [0.15, 0.2) is 0 Å². The highest BCUT2D eigenvalue weighted by molar-refractivity contribution is 9.10. The quantitative estimate of drug-likeness (QED) is 0.632. The normalized spacial score (nSPS) is 10.6. The van der Waals surface area contributed by atoms with Gasteiger partial charge in [-0.05, 0) is 35.3 Å². The molecular weight excluding hydrogens is 336 g/mol. The Hall–Kier alpha value is -1.89. The van der Waals surface area contributed by atoms with E-state index in [0.717, 1.165) is 23.1 Å². The molecule has 0 radical (unpaired) electrons. The summed E-state index contributed by atoms with van der Waals surface area (Å²) in [6, 6.07) is 3.31. The number of imidazole rings is 1. The maximum Gasteiger partial charge on any atom is 0.274 e. The summed E-state index contributed by atoms with van der Waals surface area (Å²) in [4.78, 5) is 14.8. The fourth-order valence-electron chi connectivity index (χ4n) is 2.12. The van der Waals surface area contributed by atoms with E-state index in [0.29, 0.717) is 17.8 Å². The van der Waals surface area contributed by atoms with Gasteiger partial charge in [-0.3, -0.25) is 10.1 Å². The molecule has 0 aliphatic heterocycles. The van der Waals surface area contributed by atoms with E-state index in [1.165, 1.54) is 0 Å². The summed E-state index contributed by atoms with van der Waals surface area (Å²) in [5.41, 5.74) is 2.50. The maximum atomic E-state index is 11.0. The van der Waals surface area contributed by atoms with E-state index in [1.807, 2.05) is 0 Å². The summed E-state index contributed by atoms with van der Waals surface area (Å²) >= 11 is 3.44. The number of rotatable bonds is 6. The third-order valence-corrected chi connectivity index (χ3v) is 3.86. The highest BCUT2D eigenvalue weighted by atomic mass is 79.9. The molecule has 7 heteroatoms. The lowest BCUT2D eigenvalue weighted by Gasteiger charge is -2.11. The zero-order valence-electron chi connectivity index (χ0n) is 12.0. The molecule has 0 bridgehead atoms. The molecule has 0 saturated carbocycles. The molecule has 1 aromatic heterocycles. The first-order chi connectivity index (χ1) is 10.0. The van der Waals surface area contributed by atoms with Crippen LogP contribution >= 0.6 is 15.9 Å². The predicted molar refractivity (Wildman–Crippen MR) is 85.4 cm³/mol.